The number of hydrogen-bond donors (Lipinski definition) is 4. The average molecular weight is 338 g/mol. The number of nitro benzene ring substituents is 2. The van der Waals surface area contributed by atoms with Gasteiger partial charge in [-0.1, -0.05) is 0 Å². The molecule has 0 aliphatic rings. The van der Waals surface area contributed by atoms with Crippen molar-refractivity contribution in [2.75, 3.05) is 0 Å². The highest BCUT2D eigenvalue weighted by atomic mass is 16.6. The molecule has 126 valence electrons. The fourth-order valence-electron chi connectivity index (χ4n) is 1.47. The number of carbonyl (C=O) groups is 2. The van der Waals surface area contributed by atoms with Crippen LogP contribution in [-0.2, 0) is 0 Å². The van der Waals surface area contributed by atoms with Crippen molar-refractivity contribution in [1.29, 1.82) is 0 Å². The highest BCUT2D eigenvalue weighted by molar-refractivity contribution is 5.94. The van der Waals surface area contributed by atoms with Crippen LogP contribution in [0.1, 0.15) is 11.1 Å². The number of hydrazone groups is 2. The van der Waals surface area contributed by atoms with Gasteiger partial charge in [-0.2, -0.15) is 10.2 Å². The van der Waals surface area contributed by atoms with Crippen LogP contribution in [0.15, 0.2) is 22.3 Å². The molecule has 0 aliphatic carbocycles. The summed E-state index contributed by atoms with van der Waals surface area (Å²) in [5, 5.41) is 28.7. The largest absolute Gasteiger partial charge is 0.350 e. The van der Waals surface area contributed by atoms with Crippen molar-refractivity contribution in [2.45, 2.75) is 0 Å². The number of nitrogens with two attached hydrogens (primary N) is 2. The first-order valence-electron chi connectivity index (χ1n) is 5.86. The molecule has 0 saturated carbocycles. The normalized spacial score (nSPS) is 10.7. The number of nitrogens with zero attached hydrogens (tertiary/aromatic N) is 4. The van der Waals surface area contributed by atoms with Crippen molar-refractivity contribution in [3.8, 4) is 0 Å². The van der Waals surface area contributed by atoms with Gasteiger partial charge in [0.05, 0.1) is 39.5 Å². The summed E-state index contributed by atoms with van der Waals surface area (Å²) in [4.78, 5) is 41.3. The molecule has 0 saturated heterocycles. The lowest BCUT2D eigenvalue weighted by molar-refractivity contribution is -0.394. The van der Waals surface area contributed by atoms with Crippen LogP contribution in [0.2, 0.25) is 0 Å². The maximum Gasteiger partial charge on any atom is 0.332 e. The molecular weight excluding hydrogens is 328 g/mol. The number of carbonyl (C=O) groups excluding carboxylic acids is 2. The minimum atomic E-state index is -1.01. The molecule has 14 heteroatoms. The van der Waals surface area contributed by atoms with Crippen LogP contribution in [-0.4, -0.2) is 34.3 Å². The molecule has 0 spiro atoms. The zero-order valence-electron chi connectivity index (χ0n) is 11.7. The number of urea groups is 2. The second-order valence-corrected chi connectivity index (χ2v) is 3.95. The molecule has 0 heterocycles. The Morgan fingerprint density at radius 1 is 0.917 bits per heavy atom. The van der Waals surface area contributed by atoms with Gasteiger partial charge < -0.3 is 11.5 Å². The topological polar surface area (TPSA) is 221 Å². The van der Waals surface area contributed by atoms with E-state index < -0.39 is 33.3 Å². The third kappa shape index (κ3) is 5.02. The summed E-state index contributed by atoms with van der Waals surface area (Å²) in [6.07, 6.45) is 1.73. The maximum absolute atomic E-state index is 11.0. The number of primary amides is 2. The molecule has 0 aromatic heterocycles. The van der Waals surface area contributed by atoms with Crippen LogP contribution in [0, 0.1) is 20.2 Å². The van der Waals surface area contributed by atoms with Crippen molar-refractivity contribution in [3.63, 3.8) is 0 Å². The Balaban J connectivity index is 3.39. The van der Waals surface area contributed by atoms with Crippen LogP contribution >= 0.6 is 0 Å². The van der Waals surface area contributed by atoms with Gasteiger partial charge in [-0.3, -0.25) is 20.2 Å². The van der Waals surface area contributed by atoms with Crippen LogP contribution < -0.4 is 22.3 Å². The molecule has 0 fully saturated rings. The van der Waals surface area contributed by atoms with Gasteiger partial charge in [-0.25, -0.2) is 20.4 Å². The Morgan fingerprint density at radius 2 is 1.29 bits per heavy atom. The zero-order valence-corrected chi connectivity index (χ0v) is 11.7. The van der Waals surface area contributed by atoms with Gasteiger partial charge in [0.25, 0.3) is 11.4 Å². The lowest BCUT2D eigenvalue weighted by atomic mass is 10.1. The summed E-state index contributed by atoms with van der Waals surface area (Å²) < 4.78 is 0. The monoisotopic (exact) mass is 338 g/mol. The van der Waals surface area contributed by atoms with Crippen LogP contribution in [0.3, 0.4) is 0 Å². The molecular formula is C10H10N8O6. The number of nitro groups is 2. The molecule has 1 rings (SSSR count). The minimum Gasteiger partial charge on any atom is -0.350 e. The van der Waals surface area contributed by atoms with E-state index in [1.54, 1.807) is 0 Å². The number of hydrogen-bond acceptors (Lipinski definition) is 8. The summed E-state index contributed by atoms with van der Waals surface area (Å²) in [7, 11) is 0. The molecule has 1 aromatic carbocycles. The van der Waals surface area contributed by atoms with E-state index >= 15 is 0 Å². The van der Waals surface area contributed by atoms with E-state index in [-0.39, 0.29) is 11.1 Å². The summed E-state index contributed by atoms with van der Waals surface area (Å²) in [6, 6.07) is -0.335. The molecule has 24 heavy (non-hydrogen) atoms. The second-order valence-electron chi connectivity index (χ2n) is 3.95. The highest BCUT2D eigenvalue weighted by Crippen LogP contribution is 2.27. The van der Waals surface area contributed by atoms with Crippen molar-refractivity contribution in [1.82, 2.24) is 10.9 Å². The Labute approximate surface area is 132 Å². The first-order chi connectivity index (χ1) is 11.2. The fourth-order valence-corrected chi connectivity index (χ4v) is 1.47. The number of nitrogens with one attached hydrogen (secondary N) is 2. The standard InChI is InChI=1S/C10H10N8O6/c11-9(19)15-13-3-5-1-6(4-14-16-10(12)20)8(18(23)24)2-7(5)17(21)22/h1-4H,(H3,11,15,19)(H3,12,16,20)/b13-3+,14-4+. The quantitative estimate of drug-likeness (QED) is 0.304. The van der Waals surface area contributed by atoms with Crippen LogP contribution in [0.5, 0.6) is 0 Å². The summed E-state index contributed by atoms with van der Waals surface area (Å²) in [6.45, 7) is 0. The summed E-state index contributed by atoms with van der Waals surface area (Å²) in [5.41, 5.74) is 11.6. The van der Waals surface area contributed by atoms with Gasteiger partial charge in [0.2, 0.25) is 0 Å². The molecule has 0 atom stereocenters. The second kappa shape index (κ2) is 7.78. The minimum absolute atomic E-state index is 0.181. The molecule has 0 radical (unpaired) electrons. The Hall–Kier alpha value is -4.10. The molecule has 4 amide bonds. The van der Waals surface area contributed by atoms with Gasteiger partial charge in [-0.05, 0) is 6.07 Å². The van der Waals surface area contributed by atoms with Gasteiger partial charge in [0.1, 0.15) is 0 Å². The molecule has 1 aromatic rings. The van der Waals surface area contributed by atoms with E-state index in [0.717, 1.165) is 18.5 Å². The van der Waals surface area contributed by atoms with Crippen LogP contribution in [0.4, 0.5) is 21.0 Å². The molecule has 0 bridgehead atoms. The van der Waals surface area contributed by atoms with E-state index in [9.17, 15) is 29.8 Å². The lowest BCUT2D eigenvalue weighted by Gasteiger charge is -2.02. The van der Waals surface area contributed by atoms with E-state index in [2.05, 4.69) is 10.2 Å². The van der Waals surface area contributed by atoms with Crippen molar-refractivity contribution in [3.05, 3.63) is 43.5 Å². The summed E-state index contributed by atoms with van der Waals surface area (Å²) >= 11 is 0. The first-order valence-corrected chi connectivity index (χ1v) is 5.86. The van der Waals surface area contributed by atoms with Gasteiger partial charge in [0.15, 0.2) is 0 Å². The predicted molar refractivity (Wildman–Crippen MR) is 80.4 cm³/mol. The smallest absolute Gasteiger partial charge is 0.332 e. The van der Waals surface area contributed by atoms with Crippen molar-refractivity contribution in [2.24, 2.45) is 21.7 Å². The third-order valence-corrected chi connectivity index (χ3v) is 2.33. The van der Waals surface area contributed by atoms with E-state index in [0.29, 0.717) is 6.07 Å². The zero-order chi connectivity index (χ0) is 18.3. The fraction of sp³-hybridized carbons (Fsp3) is 0. The molecule has 0 unspecified atom stereocenters. The number of rotatable bonds is 6. The predicted octanol–water partition coefficient (Wildman–Crippen LogP) is -0.493. The van der Waals surface area contributed by atoms with Crippen molar-refractivity contribution >= 4 is 35.9 Å². The van der Waals surface area contributed by atoms with Gasteiger partial charge in [0, 0.05) is 0 Å². The molecule has 0 aliphatic heterocycles. The van der Waals surface area contributed by atoms with E-state index in [4.69, 9.17) is 11.5 Å². The highest BCUT2D eigenvalue weighted by Gasteiger charge is 2.23. The van der Waals surface area contributed by atoms with E-state index in [1.165, 1.54) is 0 Å². The summed E-state index contributed by atoms with van der Waals surface area (Å²) in [5.74, 6) is 0. The average Bonchev–Trinajstić information content (AvgIpc) is 2.45. The molecule has 14 nitrogen and oxygen atoms in total. The Kier molecular flexibility index (Phi) is 5.82. The van der Waals surface area contributed by atoms with E-state index in [1.807, 2.05) is 10.9 Å². The first kappa shape index (κ1) is 18.0. The number of amides is 4. The number of benzene rings is 1. The Bertz CT molecular complexity index is 699. The maximum atomic E-state index is 11.0. The Morgan fingerprint density at radius 3 is 1.58 bits per heavy atom. The third-order valence-electron chi connectivity index (χ3n) is 2.33. The van der Waals surface area contributed by atoms with Gasteiger partial charge >= 0.3 is 12.1 Å². The van der Waals surface area contributed by atoms with Gasteiger partial charge in [-0.15, -0.1) is 0 Å². The lowest BCUT2D eigenvalue weighted by Crippen LogP contribution is -2.24. The SMILES string of the molecule is NC(=O)N/N=C/c1cc(/C=N/NC(N)=O)c([N+](=O)[O-])cc1[N+](=O)[O-]. The van der Waals surface area contributed by atoms with Crippen LogP contribution in [0.25, 0.3) is 0 Å². The van der Waals surface area contributed by atoms with Crippen molar-refractivity contribution < 1.29 is 19.4 Å². The molecule has 6 N–H and O–H groups in total.